The second-order valence-electron chi connectivity index (χ2n) is 5.57. The van der Waals surface area contributed by atoms with Gasteiger partial charge in [-0.3, -0.25) is 9.89 Å². The van der Waals surface area contributed by atoms with E-state index in [1.165, 1.54) is 6.21 Å². The van der Waals surface area contributed by atoms with Gasteiger partial charge in [0.05, 0.1) is 25.6 Å². The molecular weight excluding hydrogens is 344 g/mol. The van der Waals surface area contributed by atoms with Gasteiger partial charge < -0.3 is 9.47 Å². The number of para-hydroxylation sites is 1. The molecule has 1 heterocycles. The van der Waals surface area contributed by atoms with Crippen LogP contribution in [0, 0.1) is 0 Å². The van der Waals surface area contributed by atoms with Crippen LogP contribution in [0.4, 0.5) is 0 Å². The third kappa shape index (κ3) is 4.52. The number of carbonyl (C=O) groups excluding carboxylic acids is 1. The Labute approximate surface area is 157 Å². The van der Waals surface area contributed by atoms with Crippen LogP contribution in [-0.4, -0.2) is 36.0 Å². The largest absolute Gasteiger partial charge is 0.496 e. The molecule has 7 heteroatoms. The van der Waals surface area contributed by atoms with Crippen molar-refractivity contribution >= 4 is 12.1 Å². The number of hydrogen-bond acceptors (Lipinski definition) is 5. The van der Waals surface area contributed by atoms with Gasteiger partial charge in [0, 0.05) is 11.1 Å². The number of carbonyl (C=O) groups is 1. The van der Waals surface area contributed by atoms with Crippen molar-refractivity contribution in [2.24, 2.45) is 5.10 Å². The molecule has 0 bridgehead atoms. The first-order valence-corrected chi connectivity index (χ1v) is 8.46. The van der Waals surface area contributed by atoms with Gasteiger partial charge in [-0.15, -0.1) is 0 Å². The predicted octanol–water partition coefficient (Wildman–Crippen LogP) is 3.25. The SMILES string of the molecule is CCOc1cccc(-c2cc(C(=O)N/N=C/c3ccccc3OC)[nH]n2)c1. The molecule has 0 aliphatic heterocycles. The van der Waals surface area contributed by atoms with E-state index >= 15 is 0 Å². The first kappa shape index (κ1) is 18.2. The number of ether oxygens (including phenoxy) is 2. The molecule has 3 rings (SSSR count). The van der Waals surface area contributed by atoms with E-state index < -0.39 is 0 Å². The van der Waals surface area contributed by atoms with Gasteiger partial charge in [-0.05, 0) is 37.3 Å². The van der Waals surface area contributed by atoms with Crippen molar-refractivity contribution in [1.29, 1.82) is 0 Å². The lowest BCUT2D eigenvalue weighted by atomic mass is 10.1. The van der Waals surface area contributed by atoms with Gasteiger partial charge in [-0.25, -0.2) is 5.43 Å². The molecule has 0 saturated heterocycles. The van der Waals surface area contributed by atoms with Crippen LogP contribution >= 0.6 is 0 Å². The molecule has 2 N–H and O–H groups in total. The second-order valence-corrected chi connectivity index (χ2v) is 5.57. The Hall–Kier alpha value is -3.61. The monoisotopic (exact) mass is 364 g/mol. The summed E-state index contributed by atoms with van der Waals surface area (Å²) < 4.78 is 10.7. The minimum absolute atomic E-state index is 0.309. The van der Waals surface area contributed by atoms with Crippen LogP contribution < -0.4 is 14.9 Å². The van der Waals surface area contributed by atoms with Crippen molar-refractivity contribution in [3.8, 4) is 22.8 Å². The molecule has 0 saturated carbocycles. The van der Waals surface area contributed by atoms with E-state index in [0.717, 1.165) is 16.9 Å². The van der Waals surface area contributed by atoms with Gasteiger partial charge >= 0.3 is 0 Å². The van der Waals surface area contributed by atoms with E-state index in [9.17, 15) is 4.79 Å². The molecule has 1 aromatic heterocycles. The lowest BCUT2D eigenvalue weighted by Crippen LogP contribution is -2.18. The molecule has 0 aliphatic rings. The van der Waals surface area contributed by atoms with E-state index in [0.29, 0.717) is 23.7 Å². The van der Waals surface area contributed by atoms with Gasteiger partial charge in [0.15, 0.2) is 0 Å². The van der Waals surface area contributed by atoms with Crippen molar-refractivity contribution in [3.05, 3.63) is 65.9 Å². The van der Waals surface area contributed by atoms with Crippen molar-refractivity contribution in [2.75, 3.05) is 13.7 Å². The van der Waals surface area contributed by atoms with Gasteiger partial charge in [0.25, 0.3) is 5.91 Å². The Morgan fingerprint density at radius 3 is 2.89 bits per heavy atom. The number of methoxy groups -OCH3 is 1. The molecule has 0 aliphatic carbocycles. The highest BCUT2D eigenvalue weighted by atomic mass is 16.5. The first-order valence-electron chi connectivity index (χ1n) is 8.46. The number of amides is 1. The molecule has 138 valence electrons. The number of aromatic nitrogens is 2. The van der Waals surface area contributed by atoms with Crippen molar-refractivity contribution in [3.63, 3.8) is 0 Å². The van der Waals surface area contributed by atoms with Crippen LogP contribution in [0.2, 0.25) is 0 Å². The fraction of sp³-hybridized carbons (Fsp3) is 0.150. The minimum Gasteiger partial charge on any atom is -0.496 e. The Morgan fingerprint density at radius 1 is 1.22 bits per heavy atom. The van der Waals surface area contributed by atoms with Gasteiger partial charge in [0.2, 0.25) is 0 Å². The zero-order valence-corrected chi connectivity index (χ0v) is 15.1. The fourth-order valence-corrected chi connectivity index (χ4v) is 2.49. The number of rotatable bonds is 7. The molecule has 0 unspecified atom stereocenters. The number of hydrogen-bond donors (Lipinski definition) is 2. The van der Waals surface area contributed by atoms with Crippen LogP contribution in [0.1, 0.15) is 23.0 Å². The van der Waals surface area contributed by atoms with Crippen molar-refractivity contribution in [1.82, 2.24) is 15.6 Å². The summed E-state index contributed by atoms with van der Waals surface area (Å²) in [7, 11) is 1.58. The quantitative estimate of drug-likeness (QED) is 0.497. The molecule has 0 spiro atoms. The predicted molar refractivity (Wildman–Crippen MR) is 103 cm³/mol. The van der Waals surface area contributed by atoms with Crippen molar-refractivity contribution in [2.45, 2.75) is 6.92 Å². The molecule has 0 radical (unpaired) electrons. The summed E-state index contributed by atoms with van der Waals surface area (Å²) in [5.74, 6) is 1.04. The summed E-state index contributed by atoms with van der Waals surface area (Å²) in [6, 6.07) is 16.6. The third-order valence-corrected chi connectivity index (χ3v) is 3.77. The van der Waals surface area contributed by atoms with E-state index in [1.54, 1.807) is 13.2 Å². The summed E-state index contributed by atoms with van der Waals surface area (Å²) in [5.41, 5.74) is 5.05. The normalized spacial score (nSPS) is 10.7. The molecule has 27 heavy (non-hydrogen) atoms. The summed E-state index contributed by atoms with van der Waals surface area (Å²) >= 11 is 0. The maximum Gasteiger partial charge on any atom is 0.289 e. The minimum atomic E-state index is -0.388. The molecular formula is C20H20N4O3. The second kappa shape index (κ2) is 8.66. The molecule has 0 fully saturated rings. The summed E-state index contributed by atoms with van der Waals surface area (Å²) in [6.45, 7) is 2.51. The number of aromatic amines is 1. The van der Waals surface area contributed by atoms with E-state index in [2.05, 4.69) is 20.7 Å². The average molecular weight is 364 g/mol. The third-order valence-electron chi connectivity index (χ3n) is 3.77. The molecule has 7 nitrogen and oxygen atoms in total. The van der Waals surface area contributed by atoms with Crippen LogP contribution in [-0.2, 0) is 0 Å². The highest BCUT2D eigenvalue weighted by molar-refractivity contribution is 5.94. The van der Waals surface area contributed by atoms with Crippen LogP contribution in [0.25, 0.3) is 11.3 Å². The summed E-state index contributed by atoms with van der Waals surface area (Å²) in [4.78, 5) is 12.3. The fourth-order valence-electron chi connectivity index (χ4n) is 2.49. The van der Waals surface area contributed by atoms with Gasteiger partial charge in [-0.2, -0.15) is 10.2 Å². The standard InChI is InChI=1S/C20H20N4O3/c1-3-27-16-9-6-8-14(11-16)17-12-18(23-22-17)20(25)24-21-13-15-7-4-5-10-19(15)26-2/h4-13H,3H2,1-2H3,(H,22,23)(H,24,25)/b21-13+. The van der Waals surface area contributed by atoms with E-state index in [1.807, 2.05) is 55.5 Å². The number of benzene rings is 2. The van der Waals surface area contributed by atoms with Crippen LogP contribution in [0.5, 0.6) is 11.5 Å². The molecule has 2 aromatic carbocycles. The average Bonchev–Trinajstić information content (AvgIpc) is 3.19. The topological polar surface area (TPSA) is 88.6 Å². The maximum atomic E-state index is 12.3. The zero-order valence-electron chi connectivity index (χ0n) is 15.1. The lowest BCUT2D eigenvalue weighted by Gasteiger charge is -2.03. The Balaban J connectivity index is 1.68. The smallest absolute Gasteiger partial charge is 0.289 e. The van der Waals surface area contributed by atoms with E-state index in [4.69, 9.17) is 9.47 Å². The Morgan fingerprint density at radius 2 is 2.07 bits per heavy atom. The maximum absolute atomic E-state index is 12.3. The van der Waals surface area contributed by atoms with Gasteiger partial charge in [-0.1, -0.05) is 24.3 Å². The zero-order chi connectivity index (χ0) is 19.1. The molecule has 0 atom stereocenters. The van der Waals surface area contributed by atoms with E-state index in [-0.39, 0.29) is 5.91 Å². The number of H-pyrrole nitrogens is 1. The number of nitrogens with one attached hydrogen (secondary N) is 2. The number of nitrogens with zero attached hydrogens (tertiary/aromatic N) is 2. The summed E-state index contributed by atoms with van der Waals surface area (Å²) in [5, 5.41) is 10.9. The number of hydrazone groups is 1. The lowest BCUT2D eigenvalue weighted by molar-refractivity contribution is 0.0950. The van der Waals surface area contributed by atoms with Crippen molar-refractivity contribution < 1.29 is 14.3 Å². The molecule has 1 amide bonds. The first-order chi connectivity index (χ1) is 13.2. The van der Waals surface area contributed by atoms with Crippen LogP contribution in [0.3, 0.4) is 0 Å². The Kier molecular flexibility index (Phi) is 5.84. The Bertz CT molecular complexity index is 950. The van der Waals surface area contributed by atoms with Gasteiger partial charge in [0.1, 0.15) is 17.2 Å². The highest BCUT2D eigenvalue weighted by Gasteiger charge is 2.11. The highest BCUT2D eigenvalue weighted by Crippen LogP contribution is 2.22. The van der Waals surface area contributed by atoms with Crippen LogP contribution in [0.15, 0.2) is 59.7 Å². The summed E-state index contributed by atoms with van der Waals surface area (Å²) in [6.07, 6.45) is 1.53. The molecule has 3 aromatic rings.